The Labute approximate surface area is 122 Å². The van der Waals surface area contributed by atoms with Crippen LogP contribution in [-0.2, 0) is 0 Å². The van der Waals surface area contributed by atoms with E-state index in [1.165, 1.54) is 5.56 Å². The summed E-state index contributed by atoms with van der Waals surface area (Å²) in [5, 5.41) is 7.93. The van der Waals surface area contributed by atoms with Crippen LogP contribution in [0.15, 0.2) is 29.0 Å². The van der Waals surface area contributed by atoms with E-state index >= 15 is 0 Å². The molecule has 1 unspecified atom stereocenters. The van der Waals surface area contributed by atoms with Gasteiger partial charge in [-0.05, 0) is 54.9 Å². The normalized spacial score (nSPS) is 12.6. The molecule has 0 radical (unpaired) electrons. The molecule has 0 aromatic carbocycles. The first-order chi connectivity index (χ1) is 9.13. The van der Waals surface area contributed by atoms with Crippen LogP contribution in [0.25, 0.3) is 5.82 Å². The fraction of sp³-hybridized carbons (Fsp3) is 0.429. The standard InChI is InChI=1S/C14H19BrN4/c1-4-7-16-10(2)13-9-18-19(11(13)3)14-6-5-12(15)8-17-14/h5-6,8-10,16H,4,7H2,1-3H3. The van der Waals surface area contributed by atoms with E-state index < -0.39 is 0 Å². The highest BCUT2D eigenvalue weighted by molar-refractivity contribution is 9.10. The molecule has 1 N–H and O–H groups in total. The first-order valence-electron chi connectivity index (χ1n) is 6.53. The Morgan fingerprint density at radius 2 is 2.16 bits per heavy atom. The van der Waals surface area contributed by atoms with Crippen LogP contribution < -0.4 is 5.32 Å². The molecule has 0 fully saturated rings. The molecule has 0 saturated heterocycles. The molecule has 1 atom stereocenters. The molecule has 102 valence electrons. The van der Waals surface area contributed by atoms with Gasteiger partial charge in [0.1, 0.15) is 0 Å². The smallest absolute Gasteiger partial charge is 0.153 e. The molecule has 0 spiro atoms. The summed E-state index contributed by atoms with van der Waals surface area (Å²) in [5.74, 6) is 0.842. The SMILES string of the molecule is CCCNC(C)c1cnn(-c2ccc(Br)cn2)c1C. The minimum absolute atomic E-state index is 0.309. The molecule has 0 aliphatic heterocycles. The van der Waals surface area contributed by atoms with Crippen LogP contribution >= 0.6 is 15.9 Å². The van der Waals surface area contributed by atoms with Gasteiger partial charge < -0.3 is 5.32 Å². The summed E-state index contributed by atoms with van der Waals surface area (Å²) >= 11 is 3.39. The maximum Gasteiger partial charge on any atom is 0.153 e. The van der Waals surface area contributed by atoms with E-state index in [0.29, 0.717) is 6.04 Å². The van der Waals surface area contributed by atoms with Crippen molar-refractivity contribution in [1.82, 2.24) is 20.1 Å². The molecule has 2 aromatic rings. The highest BCUT2D eigenvalue weighted by atomic mass is 79.9. The molecular formula is C14H19BrN4. The lowest BCUT2D eigenvalue weighted by molar-refractivity contribution is 0.568. The van der Waals surface area contributed by atoms with Crippen molar-refractivity contribution in [2.24, 2.45) is 0 Å². The summed E-state index contributed by atoms with van der Waals surface area (Å²) < 4.78 is 2.85. The van der Waals surface area contributed by atoms with Crippen LogP contribution in [0.4, 0.5) is 0 Å². The van der Waals surface area contributed by atoms with Gasteiger partial charge >= 0.3 is 0 Å². The first-order valence-corrected chi connectivity index (χ1v) is 7.32. The van der Waals surface area contributed by atoms with Crippen LogP contribution in [0.3, 0.4) is 0 Å². The third kappa shape index (κ3) is 3.22. The number of nitrogens with zero attached hydrogens (tertiary/aromatic N) is 3. The lowest BCUT2D eigenvalue weighted by Crippen LogP contribution is -2.19. The van der Waals surface area contributed by atoms with Gasteiger partial charge in [-0.3, -0.25) is 0 Å². The van der Waals surface area contributed by atoms with Gasteiger partial charge in [-0.25, -0.2) is 9.67 Å². The molecule has 19 heavy (non-hydrogen) atoms. The van der Waals surface area contributed by atoms with Gasteiger partial charge in [0.2, 0.25) is 0 Å². The molecule has 0 saturated carbocycles. The molecule has 0 bridgehead atoms. The maximum atomic E-state index is 4.44. The Kier molecular flexibility index (Phi) is 4.71. The zero-order valence-corrected chi connectivity index (χ0v) is 13.1. The molecule has 0 amide bonds. The molecule has 2 rings (SSSR count). The second kappa shape index (κ2) is 6.30. The molecule has 0 aliphatic rings. The van der Waals surface area contributed by atoms with Crippen LogP contribution in [0.5, 0.6) is 0 Å². The zero-order valence-electron chi connectivity index (χ0n) is 11.5. The fourth-order valence-electron chi connectivity index (χ4n) is 2.04. The van der Waals surface area contributed by atoms with Crippen molar-refractivity contribution in [1.29, 1.82) is 0 Å². The van der Waals surface area contributed by atoms with E-state index in [9.17, 15) is 0 Å². The summed E-state index contributed by atoms with van der Waals surface area (Å²) in [5.41, 5.74) is 2.35. The number of rotatable bonds is 5. The van der Waals surface area contributed by atoms with Gasteiger partial charge in [-0.1, -0.05) is 6.92 Å². The van der Waals surface area contributed by atoms with Crippen molar-refractivity contribution in [3.63, 3.8) is 0 Å². The fourth-order valence-corrected chi connectivity index (χ4v) is 2.28. The minimum Gasteiger partial charge on any atom is -0.310 e. The molecule has 5 heteroatoms. The van der Waals surface area contributed by atoms with Crippen molar-refractivity contribution in [2.75, 3.05) is 6.54 Å². The van der Waals surface area contributed by atoms with Gasteiger partial charge in [-0.2, -0.15) is 5.10 Å². The number of aromatic nitrogens is 3. The number of nitrogens with one attached hydrogen (secondary N) is 1. The largest absolute Gasteiger partial charge is 0.310 e. The Morgan fingerprint density at radius 3 is 2.79 bits per heavy atom. The van der Waals surface area contributed by atoms with Crippen molar-refractivity contribution in [3.8, 4) is 5.82 Å². The highest BCUT2D eigenvalue weighted by Gasteiger charge is 2.13. The number of halogens is 1. The second-order valence-corrected chi connectivity index (χ2v) is 5.52. The topological polar surface area (TPSA) is 42.7 Å². The lowest BCUT2D eigenvalue weighted by Gasteiger charge is -2.13. The summed E-state index contributed by atoms with van der Waals surface area (Å²) in [6.07, 6.45) is 4.84. The van der Waals surface area contributed by atoms with Gasteiger partial charge in [0.15, 0.2) is 5.82 Å². The Bertz CT molecular complexity index is 533. The third-order valence-electron chi connectivity index (χ3n) is 3.14. The van der Waals surface area contributed by atoms with Crippen molar-refractivity contribution in [3.05, 3.63) is 40.3 Å². The Hall–Kier alpha value is -1.20. The third-order valence-corrected chi connectivity index (χ3v) is 3.61. The quantitative estimate of drug-likeness (QED) is 0.917. The molecule has 2 heterocycles. The first kappa shape index (κ1) is 14.2. The lowest BCUT2D eigenvalue weighted by atomic mass is 10.1. The van der Waals surface area contributed by atoms with Gasteiger partial charge in [0.05, 0.1) is 6.20 Å². The maximum absolute atomic E-state index is 4.44. The average molecular weight is 323 g/mol. The van der Waals surface area contributed by atoms with E-state index in [1.54, 1.807) is 6.20 Å². The number of hydrogen-bond donors (Lipinski definition) is 1. The highest BCUT2D eigenvalue weighted by Crippen LogP contribution is 2.19. The molecule has 4 nitrogen and oxygen atoms in total. The van der Waals surface area contributed by atoms with E-state index in [-0.39, 0.29) is 0 Å². The van der Waals surface area contributed by atoms with Crippen molar-refractivity contribution < 1.29 is 0 Å². The molecular weight excluding hydrogens is 304 g/mol. The van der Waals surface area contributed by atoms with Crippen LogP contribution in [0.1, 0.15) is 37.6 Å². The number of pyridine rings is 1. The molecule has 2 aromatic heterocycles. The van der Waals surface area contributed by atoms with Crippen molar-refractivity contribution >= 4 is 15.9 Å². The monoisotopic (exact) mass is 322 g/mol. The van der Waals surface area contributed by atoms with E-state index in [2.05, 4.69) is 52.1 Å². The average Bonchev–Trinajstić information content (AvgIpc) is 2.79. The van der Waals surface area contributed by atoms with Crippen LogP contribution in [-0.4, -0.2) is 21.3 Å². The van der Waals surface area contributed by atoms with E-state index in [0.717, 1.165) is 29.0 Å². The predicted octanol–water partition coefficient (Wildman–Crippen LogP) is 3.40. The summed E-state index contributed by atoms with van der Waals surface area (Å²) in [6, 6.07) is 4.24. The summed E-state index contributed by atoms with van der Waals surface area (Å²) in [4.78, 5) is 4.38. The van der Waals surface area contributed by atoms with Crippen molar-refractivity contribution in [2.45, 2.75) is 33.2 Å². The Balaban J connectivity index is 2.25. The Morgan fingerprint density at radius 1 is 1.37 bits per heavy atom. The zero-order chi connectivity index (χ0) is 13.8. The van der Waals surface area contributed by atoms with Gasteiger partial charge in [0, 0.05) is 28.0 Å². The van der Waals surface area contributed by atoms with Gasteiger partial charge in [0.25, 0.3) is 0 Å². The second-order valence-electron chi connectivity index (χ2n) is 4.61. The number of hydrogen-bond acceptors (Lipinski definition) is 3. The van der Waals surface area contributed by atoms with Crippen LogP contribution in [0.2, 0.25) is 0 Å². The summed E-state index contributed by atoms with van der Waals surface area (Å²) in [7, 11) is 0. The van der Waals surface area contributed by atoms with Gasteiger partial charge in [-0.15, -0.1) is 0 Å². The summed E-state index contributed by atoms with van der Waals surface area (Å²) in [6.45, 7) is 7.43. The van der Waals surface area contributed by atoms with E-state index in [4.69, 9.17) is 0 Å². The van der Waals surface area contributed by atoms with E-state index in [1.807, 2.05) is 23.0 Å². The van der Waals surface area contributed by atoms with Crippen LogP contribution in [0, 0.1) is 6.92 Å². The minimum atomic E-state index is 0.309. The molecule has 0 aliphatic carbocycles. The predicted molar refractivity (Wildman–Crippen MR) is 80.5 cm³/mol.